The number of Topliss-reactive ketones (excluding diaryl/α,β-unsaturated/α-hetero) is 1. The van der Waals surface area contributed by atoms with Crippen LogP contribution in [0.4, 0.5) is 5.69 Å². The molecule has 0 atom stereocenters. The lowest BCUT2D eigenvalue weighted by Crippen LogP contribution is -2.36. The van der Waals surface area contributed by atoms with Crippen molar-refractivity contribution in [3.63, 3.8) is 0 Å². The molecule has 1 aliphatic rings. The number of carbonyl (C=O) groups is 1. The highest BCUT2D eigenvalue weighted by molar-refractivity contribution is 6.01. The molecule has 1 N–H and O–H groups in total. The van der Waals surface area contributed by atoms with Gasteiger partial charge in [-0.05, 0) is 12.1 Å². The smallest absolute Gasteiger partial charge is 0.175 e. The second-order valence-corrected chi connectivity index (χ2v) is 4.58. The molecule has 0 radical (unpaired) electrons. The van der Waals surface area contributed by atoms with E-state index < -0.39 is 0 Å². The van der Waals surface area contributed by atoms with Crippen molar-refractivity contribution in [2.45, 2.75) is 6.92 Å². The van der Waals surface area contributed by atoms with Crippen molar-refractivity contribution in [1.82, 2.24) is 4.98 Å². The number of aromatic amines is 1. The number of nitrogens with one attached hydrogen (secondary N) is 1. The maximum absolute atomic E-state index is 11.4. The zero-order valence-electron chi connectivity index (χ0n) is 10.4. The fourth-order valence-electron chi connectivity index (χ4n) is 2.40. The number of ketones is 1. The molecule has 4 nitrogen and oxygen atoms in total. The Labute approximate surface area is 106 Å². The zero-order chi connectivity index (χ0) is 12.5. The number of benzene rings is 1. The van der Waals surface area contributed by atoms with Crippen molar-refractivity contribution in [2.24, 2.45) is 0 Å². The third-order valence-electron chi connectivity index (χ3n) is 3.37. The minimum Gasteiger partial charge on any atom is -0.378 e. The quantitative estimate of drug-likeness (QED) is 0.824. The Kier molecular flexibility index (Phi) is 2.80. The van der Waals surface area contributed by atoms with Crippen LogP contribution in [0.2, 0.25) is 0 Å². The predicted octanol–water partition coefficient (Wildman–Crippen LogP) is 2.21. The molecule has 0 saturated carbocycles. The highest BCUT2D eigenvalue weighted by atomic mass is 16.5. The first kappa shape index (κ1) is 11.3. The van der Waals surface area contributed by atoms with E-state index in [1.54, 1.807) is 6.92 Å². The number of ether oxygens (including phenoxy) is 1. The minimum atomic E-state index is 0.0686. The summed E-state index contributed by atoms with van der Waals surface area (Å²) in [7, 11) is 0. The van der Waals surface area contributed by atoms with Gasteiger partial charge in [0.25, 0.3) is 0 Å². The van der Waals surface area contributed by atoms with Crippen LogP contribution in [0.1, 0.15) is 17.4 Å². The molecular weight excluding hydrogens is 228 g/mol. The van der Waals surface area contributed by atoms with E-state index in [2.05, 4.69) is 16.0 Å². The van der Waals surface area contributed by atoms with E-state index >= 15 is 0 Å². The summed E-state index contributed by atoms with van der Waals surface area (Å²) < 4.78 is 5.37. The number of H-pyrrole nitrogens is 1. The Bertz CT molecular complexity index is 582. The Hall–Kier alpha value is -1.81. The molecule has 0 spiro atoms. The molecule has 1 fully saturated rings. The van der Waals surface area contributed by atoms with E-state index in [1.807, 2.05) is 18.2 Å². The molecule has 0 bridgehead atoms. The maximum Gasteiger partial charge on any atom is 0.175 e. The fourth-order valence-corrected chi connectivity index (χ4v) is 2.40. The lowest BCUT2D eigenvalue weighted by molar-refractivity contribution is 0.101. The second kappa shape index (κ2) is 4.46. The molecule has 1 saturated heterocycles. The summed E-state index contributed by atoms with van der Waals surface area (Å²) in [6, 6.07) is 8.07. The van der Waals surface area contributed by atoms with Gasteiger partial charge in [0.15, 0.2) is 5.78 Å². The van der Waals surface area contributed by atoms with Crippen molar-refractivity contribution < 1.29 is 9.53 Å². The van der Waals surface area contributed by atoms with Gasteiger partial charge in [0.2, 0.25) is 0 Å². The van der Waals surface area contributed by atoms with Crippen molar-refractivity contribution in [2.75, 3.05) is 31.2 Å². The molecule has 94 valence electrons. The van der Waals surface area contributed by atoms with Gasteiger partial charge in [-0.15, -0.1) is 0 Å². The molecular formula is C14H16N2O2. The summed E-state index contributed by atoms with van der Waals surface area (Å²) in [4.78, 5) is 17.0. The number of hydrogen-bond acceptors (Lipinski definition) is 3. The van der Waals surface area contributed by atoms with E-state index in [4.69, 9.17) is 4.74 Å². The van der Waals surface area contributed by atoms with Gasteiger partial charge in [-0.2, -0.15) is 0 Å². The Morgan fingerprint density at radius 3 is 2.83 bits per heavy atom. The molecule has 18 heavy (non-hydrogen) atoms. The number of para-hydroxylation sites is 1. The van der Waals surface area contributed by atoms with E-state index in [0.29, 0.717) is 5.69 Å². The van der Waals surface area contributed by atoms with Crippen molar-refractivity contribution in [1.29, 1.82) is 0 Å². The van der Waals surface area contributed by atoms with Crippen LogP contribution in [-0.4, -0.2) is 37.1 Å². The summed E-state index contributed by atoms with van der Waals surface area (Å²) in [6.45, 7) is 4.90. The number of nitrogens with zero attached hydrogens (tertiary/aromatic N) is 1. The van der Waals surface area contributed by atoms with Gasteiger partial charge in [-0.25, -0.2) is 0 Å². The van der Waals surface area contributed by atoms with Crippen LogP contribution in [0, 0.1) is 0 Å². The number of rotatable bonds is 2. The van der Waals surface area contributed by atoms with E-state index in [0.717, 1.165) is 42.9 Å². The van der Waals surface area contributed by atoms with E-state index in [1.165, 1.54) is 0 Å². The number of carbonyl (C=O) groups excluding carboxylic acids is 1. The van der Waals surface area contributed by atoms with Gasteiger partial charge in [0.1, 0.15) is 0 Å². The van der Waals surface area contributed by atoms with Gasteiger partial charge < -0.3 is 14.6 Å². The van der Waals surface area contributed by atoms with Crippen LogP contribution in [0.5, 0.6) is 0 Å². The summed E-state index contributed by atoms with van der Waals surface area (Å²) in [5.41, 5.74) is 2.87. The number of fused-ring (bicyclic) bond motifs is 1. The molecule has 1 aliphatic heterocycles. The van der Waals surface area contributed by atoms with Crippen molar-refractivity contribution in [3.05, 3.63) is 30.0 Å². The summed E-state index contributed by atoms with van der Waals surface area (Å²) in [5, 5.41) is 1.09. The minimum absolute atomic E-state index is 0.0686. The fraction of sp³-hybridized carbons (Fsp3) is 0.357. The third kappa shape index (κ3) is 1.88. The SMILES string of the molecule is CC(=O)c1cc2cccc(N3CCOCC3)c2[nH]1. The average molecular weight is 244 g/mol. The topological polar surface area (TPSA) is 45.3 Å². The van der Waals surface area contributed by atoms with Crippen LogP contribution in [-0.2, 0) is 4.74 Å². The van der Waals surface area contributed by atoms with Crippen molar-refractivity contribution >= 4 is 22.4 Å². The second-order valence-electron chi connectivity index (χ2n) is 4.58. The van der Waals surface area contributed by atoms with Gasteiger partial charge >= 0.3 is 0 Å². The predicted molar refractivity (Wildman–Crippen MR) is 71.3 cm³/mol. The zero-order valence-corrected chi connectivity index (χ0v) is 10.4. The molecule has 0 amide bonds. The molecule has 0 unspecified atom stereocenters. The third-order valence-corrected chi connectivity index (χ3v) is 3.37. The molecule has 3 rings (SSSR count). The van der Waals surface area contributed by atoms with E-state index in [-0.39, 0.29) is 5.78 Å². The molecule has 1 aromatic carbocycles. The van der Waals surface area contributed by atoms with Gasteiger partial charge in [0.05, 0.1) is 30.1 Å². The lowest BCUT2D eigenvalue weighted by atomic mass is 10.2. The van der Waals surface area contributed by atoms with Gasteiger partial charge in [0, 0.05) is 25.4 Å². The number of hydrogen-bond donors (Lipinski definition) is 1. The lowest BCUT2D eigenvalue weighted by Gasteiger charge is -2.29. The highest BCUT2D eigenvalue weighted by Gasteiger charge is 2.15. The van der Waals surface area contributed by atoms with Crippen LogP contribution in [0.15, 0.2) is 24.3 Å². The monoisotopic (exact) mass is 244 g/mol. The molecule has 2 heterocycles. The number of morpholine rings is 1. The van der Waals surface area contributed by atoms with Crippen molar-refractivity contribution in [3.8, 4) is 0 Å². The first-order chi connectivity index (χ1) is 8.75. The van der Waals surface area contributed by atoms with Crippen LogP contribution >= 0.6 is 0 Å². The standard InChI is InChI=1S/C14H16N2O2/c1-10(17)12-9-11-3-2-4-13(14(11)15-12)16-5-7-18-8-6-16/h2-4,9,15H,5-8H2,1H3. The van der Waals surface area contributed by atoms with E-state index in [9.17, 15) is 4.79 Å². The Balaban J connectivity index is 2.07. The van der Waals surface area contributed by atoms with Crippen LogP contribution in [0.25, 0.3) is 10.9 Å². The highest BCUT2D eigenvalue weighted by Crippen LogP contribution is 2.27. The molecule has 2 aromatic rings. The van der Waals surface area contributed by atoms with Crippen LogP contribution < -0.4 is 4.90 Å². The molecule has 0 aliphatic carbocycles. The first-order valence-electron chi connectivity index (χ1n) is 6.21. The molecule has 1 aromatic heterocycles. The van der Waals surface area contributed by atoms with Gasteiger partial charge in [-0.3, -0.25) is 4.79 Å². The number of anilines is 1. The first-order valence-corrected chi connectivity index (χ1v) is 6.21. The van der Waals surface area contributed by atoms with Crippen LogP contribution in [0.3, 0.4) is 0 Å². The normalized spacial score (nSPS) is 16.2. The summed E-state index contributed by atoms with van der Waals surface area (Å²) >= 11 is 0. The maximum atomic E-state index is 11.4. The molecule has 4 heteroatoms. The average Bonchev–Trinajstić information content (AvgIpc) is 2.83. The summed E-state index contributed by atoms with van der Waals surface area (Å²) in [6.07, 6.45) is 0. The number of aromatic nitrogens is 1. The Morgan fingerprint density at radius 2 is 2.11 bits per heavy atom. The van der Waals surface area contributed by atoms with Gasteiger partial charge in [-0.1, -0.05) is 12.1 Å². The summed E-state index contributed by atoms with van der Waals surface area (Å²) in [5.74, 6) is 0.0686. The Morgan fingerprint density at radius 1 is 1.33 bits per heavy atom. The largest absolute Gasteiger partial charge is 0.378 e.